The molecule has 132 valence electrons. The molecule has 1 N–H and O–H groups in total. The number of unbranched alkanes of at least 4 members (excludes halogenated alkanes) is 1. The molecule has 0 fully saturated rings. The van der Waals surface area contributed by atoms with Crippen LogP contribution < -0.4 is 15.0 Å². The first-order chi connectivity index (χ1) is 12.1. The van der Waals surface area contributed by atoms with Gasteiger partial charge in [0, 0.05) is 12.7 Å². The average Bonchev–Trinajstić information content (AvgIpc) is 3.13. The Morgan fingerprint density at radius 1 is 1.36 bits per heavy atom. The van der Waals surface area contributed by atoms with Gasteiger partial charge in [0.25, 0.3) is 17.4 Å². The molecule has 0 aliphatic carbocycles. The van der Waals surface area contributed by atoms with Crippen molar-refractivity contribution in [1.29, 1.82) is 0 Å². The molecule has 0 unspecified atom stereocenters. The fourth-order valence-corrected chi connectivity index (χ4v) is 2.70. The maximum absolute atomic E-state index is 13.0. The van der Waals surface area contributed by atoms with Crippen molar-refractivity contribution in [1.82, 2.24) is 10.3 Å². The highest BCUT2D eigenvalue weighted by Crippen LogP contribution is 2.36. The van der Waals surface area contributed by atoms with Crippen molar-refractivity contribution in [2.45, 2.75) is 38.8 Å². The first kappa shape index (κ1) is 17.0. The van der Waals surface area contributed by atoms with Gasteiger partial charge in [0.2, 0.25) is 0 Å². The van der Waals surface area contributed by atoms with Gasteiger partial charge in [0.15, 0.2) is 11.6 Å². The molecule has 0 radical (unpaired) electrons. The molecule has 1 aliphatic heterocycles. The third kappa shape index (κ3) is 3.22. The Morgan fingerprint density at radius 2 is 2.20 bits per heavy atom. The molecule has 2 amide bonds. The number of aromatic nitrogens is 1. The molecule has 3 heterocycles. The topological polar surface area (TPSA) is 84.7 Å². The average molecular weight is 343 g/mol. The van der Waals surface area contributed by atoms with Gasteiger partial charge in [-0.2, -0.15) is 0 Å². The van der Waals surface area contributed by atoms with Crippen molar-refractivity contribution in [3.63, 3.8) is 0 Å². The minimum atomic E-state index is -1.64. The summed E-state index contributed by atoms with van der Waals surface area (Å²) in [6.45, 7) is 4.21. The molecule has 1 atom stereocenters. The van der Waals surface area contributed by atoms with Gasteiger partial charge in [-0.3, -0.25) is 14.5 Å². The summed E-state index contributed by atoms with van der Waals surface area (Å²) < 4.78 is 11.0. The van der Waals surface area contributed by atoms with Crippen LogP contribution in [0.5, 0.6) is 5.75 Å². The predicted octanol–water partition coefficient (Wildman–Crippen LogP) is 2.28. The summed E-state index contributed by atoms with van der Waals surface area (Å²) in [6.07, 6.45) is 4.87. The van der Waals surface area contributed by atoms with Gasteiger partial charge < -0.3 is 14.5 Å². The molecule has 0 spiro atoms. The van der Waals surface area contributed by atoms with E-state index in [0.717, 1.165) is 12.8 Å². The van der Waals surface area contributed by atoms with Crippen LogP contribution in [-0.4, -0.2) is 28.9 Å². The lowest BCUT2D eigenvalue weighted by Crippen LogP contribution is -2.62. The Kier molecular flexibility index (Phi) is 4.74. The third-order valence-corrected chi connectivity index (χ3v) is 4.15. The molecule has 2 aromatic heterocycles. The Morgan fingerprint density at radius 3 is 2.92 bits per heavy atom. The van der Waals surface area contributed by atoms with E-state index in [1.807, 2.05) is 6.92 Å². The van der Waals surface area contributed by atoms with Crippen molar-refractivity contribution >= 4 is 17.6 Å². The second kappa shape index (κ2) is 6.96. The number of pyridine rings is 1. The van der Waals surface area contributed by atoms with Crippen LogP contribution in [0.3, 0.4) is 0 Å². The summed E-state index contributed by atoms with van der Waals surface area (Å²) in [5.41, 5.74) is -1.64. The van der Waals surface area contributed by atoms with Crippen molar-refractivity contribution in [3.05, 3.63) is 42.5 Å². The van der Waals surface area contributed by atoms with Gasteiger partial charge in [0.1, 0.15) is 5.76 Å². The van der Waals surface area contributed by atoms with Gasteiger partial charge in [-0.25, -0.2) is 4.98 Å². The largest absolute Gasteiger partial charge is 0.467 e. The zero-order valence-electron chi connectivity index (χ0n) is 14.3. The van der Waals surface area contributed by atoms with Crippen LogP contribution in [0.4, 0.5) is 5.82 Å². The predicted molar refractivity (Wildman–Crippen MR) is 91.1 cm³/mol. The molecule has 3 rings (SSSR count). The second-order valence-electron chi connectivity index (χ2n) is 6.03. The number of carbonyl (C=O) groups excluding carboxylic acids is 2. The molecule has 7 nitrogen and oxygen atoms in total. The van der Waals surface area contributed by atoms with Crippen LogP contribution in [0.2, 0.25) is 0 Å². The zero-order chi connectivity index (χ0) is 17.9. The van der Waals surface area contributed by atoms with Gasteiger partial charge >= 0.3 is 0 Å². The lowest BCUT2D eigenvalue weighted by molar-refractivity contribution is -0.148. The summed E-state index contributed by atoms with van der Waals surface area (Å²) in [6, 6.07) is 6.92. The maximum Gasteiger partial charge on any atom is 0.282 e. The smallest absolute Gasteiger partial charge is 0.282 e. The van der Waals surface area contributed by atoms with Crippen LogP contribution in [0.1, 0.15) is 32.4 Å². The molecule has 1 aliphatic rings. The Balaban J connectivity index is 1.84. The summed E-state index contributed by atoms with van der Waals surface area (Å²) >= 11 is 0. The number of carbonyl (C=O) groups is 2. The van der Waals surface area contributed by atoms with Gasteiger partial charge in [-0.15, -0.1) is 0 Å². The lowest BCUT2D eigenvalue weighted by Gasteiger charge is -2.38. The highest BCUT2D eigenvalue weighted by molar-refractivity contribution is 6.16. The SMILES string of the molecule is CCCCN1C(=O)[C@](C)(C(=O)NCc2ccco2)Oc2cccnc21. The number of amides is 2. The normalized spacial score (nSPS) is 19.3. The first-order valence-corrected chi connectivity index (χ1v) is 8.33. The van der Waals surface area contributed by atoms with Crippen molar-refractivity contribution in [3.8, 4) is 5.75 Å². The molecule has 25 heavy (non-hydrogen) atoms. The quantitative estimate of drug-likeness (QED) is 0.814. The van der Waals surface area contributed by atoms with E-state index in [4.69, 9.17) is 9.15 Å². The minimum absolute atomic E-state index is 0.187. The summed E-state index contributed by atoms with van der Waals surface area (Å²) in [4.78, 5) is 31.5. The van der Waals surface area contributed by atoms with Crippen LogP contribution in [-0.2, 0) is 16.1 Å². The maximum atomic E-state index is 13.0. The van der Waals surface area contributed by atoms with E-state index in [1.54, 1.807) is 30.5 Å². The van der Waals surface area contributed by atoms with Gasteiger partial charge in [-0.1, -0.05) is 13.3 Å². The minimum Gasteiger partial charge on any atom is -0.467 e. The number of nitrogens with zero attached hydrogens (tertiary/aromatic N) is 2. The Hall–Kier alpha value is -2.83. The second-order valence-corrected chi connectivity index (χ2v) is 6.03. The lowest BCUT2D eigenvalue weighted by atomic mass is 10.0. The molecule has 0 aromatic carbocycles. The van der Waals surface area contributed by atoms with Crippen LogP contribution in [0, 0.1) is 0 Å². The van der Waals surface area contributed by atoms with Gasteiger partial charge in [-0.05, 0) is 37.6 Å². The molecular weight excluding hydrogens is 322 g/mol. The summed E-state index contributed by atoms with van der Waals surface area (Å²) in [5.74, 6) is 0.560. The highest BCUT2D eigenvalue weighted by Gasteiger charge is 2.51. The van der Waals surface area contributed by atoms with Crippen LogP contribution in [0.15, 0.2) is 41.1 Å². The molecule has 7 heteroatoms. The fraction of sp³-hybridized carbons (Fsp3) is 0.389. The number of rotatable bonds is 6. The highest BCUT2D eigenvalue weighted by atomic mass is 16.5. The molecular formula is C18H21N3O4. The molecule has 0 bridgehead atoms. The fourth-order valence-electron chi connectivity index (χ4n) is 2.70. The summed E-state index contributed by atoms with van der Waals surface area (Å²) in [7, 11) is 0. The van der Waals surface area contributed by atoms with E-state index in [1.165, 1.54) is 18.1 Å². The number of fused-ring (bicyclic) bond motifs is 1. The molecule has 2 aromatic rings. The van der Waals surface area contributed by atoms with Crippen LogP contribution in [0.25, 0.3) is 0 Å². The number of nitrogens with one attached hydrogen (secondary N) is 1. The number of hydrogen-bond donors (Lipinski definition) is 1. The number of anilines is 1. The van der Waals surface area contributed by atoms with E-state index in [2.05, 4.69) is 10.3 Å². The first-order valence-electron chi connectivity index (χ1n) is 8.33. The molecule has 0 saturated carbocycles. The third-order valence-electron chi connectivity index (χ3n) is 4.15. The number of ether oxygens (including phenoxy) is 1. The number of furan rings is 1. The monoisotopic (exact) mass is 343 g/mol. The molecule has 0 saturated heterocycles. The van der Waals surface area contributed by atoms with Crippen molar-refractivity contribution in [2.24, 2.45) is 0 Å². The van der Waals surface area contributed by atoms with E-state index in [9.17, 15) is 9.59 Å². The van der Waals surface area contributed by atoms with E-state index >= 15 is 0 Å². The van der Waals surface area contributed by atoms with E-state index in [0.29, 0.717) is 23.9 Å². The van der Waals surface area contributed by atoms with Crippen molar-refractivity contribution in [2.75, 3.05) is 11.4 Å². The summed E-state index contributed by atoms with van der Waals surface area (Å²) in [5, 5.41) is 2.71. The van der Waals surface area contributed by atoms with E-state index < -0.39 is 17.4 Å². The van der Waals surface area contributed by atoms with E-state index in [-0.39, 0.29) is 6.54 Å². The standard InChI is InChI=1S/C18H21N3O4/c1-3-4-10-21-15-14(8-5-9-19-15)25-18(2,17(21)23)16(22)20-12-13-7-6-11-24-13/h5-9,11H,3-4,10,12H2,1-2H3,(H,20,22)/t18-/m0/s1. The Bertz CT molecular complexity index is 759. The van der Waals surface area contributed by atoms with Crippen molar-refractivity contribution < 1.29 is 18.7 Å². The number of hydrogen-bond acceptors (Lipinski definition) is 5. The van der Waals surface area contributed by atoms with Crippen LogP contribution >= 0.6 is 0 Å². The zero-order valence-corrected chi connectivity index (χ0v) is 14.3. The van der Waals surface area contributed by atoms with Gasteiger partial charge in [0.05, 0.1) is 12.8 Å². The Labute approximate surface area is 146 Å².